The van der Waals surface area contributed by atoms with Gasteiger partial charge in [-0.3, -0.25) is 4.79 Å². The van der Waals surface area contributed by atoms with Gasteiger partial charge in [0.1, 0.15) is 5.82 Å². The van der Waals surface area contributed by atoms with Gasteiger partial charge in [0.2, 0.25) is 0 Å². The summed E-state index contributed by atoms with van der Waals surface area (Å²) in [5, 5.41) is 11.4. The van der Waals surface area contributed by atoms with E-state index in [1.54, 1.807) is 6.07 Å². The van der Waals surface area contributed by atoms with Crippen LogP contribution >= 0.6 is 0 Å². The lowest BCUT2D eigenvalue weighted by molar-refractivity contribution is 0.0786. The number of nitrogens with one attached hydrogen (secondary N) is 1. The Labute approximate surface area is 130 Å². The molecular weight excluding hydrogens is 276 g/mol. The van der Waals surface area contributed by atoms with Crippen LogP contribution in [0.1, 0.15) is 28.9 Å². The van der Waals surface area contributed by atoms with E-state index in [4.69, 9.17) is 0 Å². The molecule has 0 saturated carbocycles. The molecule has 0 unspecified atom stereocenters. The van der Waals surface area contributed by atoms with Gasteiger partial charge in [-0.15, -0.1) is 10.2 Å². The zero-order valence-corrected chi connectivity index (χ0v) is 12.5. The lowest BCUT2D eigenvalue weighted by Gasteiger charge is -2.14. The molecule has 1 aromatic carbocycles. The Hall–Kier alpha value is -2.43. The van der Waals surface area contributed by atoms with E-state index in [0.717, 1.165) is 38.9 Å². The van der Waals surface area contributed by atoms with E-state index in [1.165, 1.54) is 5.56 Å². The number of hydrogen-bond acceptors (Lipinski definition) is 4. The quantitative estimate of drug-likeness (QED) is 0.920. The highest BCUT2D eigenvalue weighted by Gasteiger charge is 2.20. The number of hydrogen-bond donors (Lipinski definition) is 1. The molecule has 114 valence electrons. The molecule has 0 bridgehead atoms. The van der Waals surface area contributed by atoms with Gasteiger partial charge in [-0.05, 0) is 37.0 Å². The van der Waals surface area contributed by atoms with Crippen molar-refractivity contribution in [1.82, 2.24) is 15.1 Å². The Kier molecular flexibility index (Phi) is 4.63. The molecular formula is C17H20N4O. The number of carbonyl (C=O) groups excluding carboxylic acids is 1. The highest BCUT2D eigenvalue weighted by atomic mass is 16.2. The summed E-state index contributed by atoms with van der Waals surface area (Å²) >= 11 is 0. The van der Waals surface area contributed by atoms with E-state index in [0.29, 0.717) is 11.5 Å². The maximum atomic E-state index is 12.2. The zero-order valence-electron chi connectivity index (χ0n) is 12.5. The van der Waals surface area contributed by atoms with E-state index in [-0.39, 0.29) is 5.91 Å². The van der Waals surface area contributed by atoms with Gasteiger partial charge in [0.15, 0.2) is 5.69 Å². The first kappa shape index (κ1) is 14.5. The van der Waals surface area contributed by atoms with Crippen LogP contribution in [-0.2, 0) is 6.42 Å². The molecule has 0 atom stereocenters. The number of amides is 1. The average molecular weight is 296 g/mol. The minimum absolute atomic E-state index is 0.0131. The standard InChI is InChI=1S/C17H20N4O/c22-17(21-12-4-5-13-21)15-8-9-16(20-19-15)18-11-10-14-6-2-1-3-7-14/h1-3,6-9H,4-5,10-13H2,(H,18,20). The van der Waals surface area contributed by atoms with Crippen LogP contribution in [0.2, 0.25) is 0 Å². The van der Waals surface area contributed by atoms with E-state index >= 15 is 0 Å². The van der Waals surface area contributed by atoms with Crippen LogP contribution in [0, 0.1) is 0 Å². The molecule has 1 amide bonds. The summed E-state index contributed by atoms with van der Waals surface area (Å²) in [6.07, 6.45) is 3.09. The fourth-order valence-corrected chi connectivity index (χ4v) is 2.60. The van der Waals surface area contributed by atoms with Crippen LogP contribution in [0.3, 0.4) is 0 Å². The van der Waals surface area contributed by atoms with Crippen LogP contribution in [-0.4, -0.2) is 40.6 Å². The summed E-state index contributed by atoms with van der Waals surface area (Å²) in [5.41, 5.74) is 1.71. The van der Waals surface area contributed by atoms with E-state index in [2.05, 4.69) is 27.6 Å². The summed E-state index contributed by atoms with van der Waals surface area (Å²) in [4.78, 5) is 14.0. The van der Waals surface area contributed by atoms with Crippen LogP contribution in [0.5, 0.6) is 0 Å². The first-order valence-corrected chi connectivity index (χ1v) is 7.74. The van der Waals surface area contributed by atoms with E-state index in [9.17, 15) is 4.79 Å². The number of benzene rings is 1. The van der Waals surface area contributed by atoms with Gasteiger partial charge in [0, 0.05) is 19.6 Å². The summed E-state index contributed by atoms with van der Waals surface area (Å²) in [7, 11) is 0. The van der Waals surface area contributed by atoms with Gasteiger partial charge in [0.05, 0.1) is 0 Å². The minimum atomic E-state index is -0.0131. The second-order valence-electron chi connectivity index (χ2n) is 5.47. The van der Waals surface area contributed by atoms with Crippen LogP contribution in [0.4, 0.5) is 5.82 Å². The van der Waals surface area contributed by atoms with Gasteiger partial charge < -0.3 is 10.2 Å². The van der Waals surface area contributed by atoms with Crippen molar-refractivity contribution in [2.45, 2.75) is 19.3 Å². The van der Waals surface area contributed by atoms with Crippen molar-refractivity contribution in [2.75, 3.05) is 25.0 Å². The number of likely N-dealkylation sites (tertiary alicyclic amines) is 1. The minimum Gasteiger partial charge on any atom is -0.368 e. The molecule has 1 aromatic heterocycles. The van der Waals surface area contributed by atoms with Crippen molar-refractivity contribution in [3.05, 3.63) is 53.7 Å². The molecule has 1 N–H and O–H groups in total. The Morgan fingerprint density at radius 2 is 1.82 bits per heavy atom. The van der Waals surface area contributed by atoms with Crippen molar-refractivity contribution in [3.63, 3.8) is 0 Å². The first-order valence-electron chi connectivity index (χ1n) is 7.74. The number of carbonyl (C=O) groups is 1. The number of rotatable bonds is 5. The third-order valence-corrected chi connectivity index (χ3v) is 3.84. The summed E-state index contributed by atoms with van der Waals surface area (Å²) < 4.78 is 0. The number of nitrogens with zero attached hydrogens (tertiary/aromatic N) is 3. The van der Waals surface area contributed by atoms with Crippen LogP contribution in [0.15, 0.2) is 42.5 Å². The molecule has 5 nitrogen and oxygen atoms in total. The second kappa shape index (κ2) is 7.02. The van der Waals surface area contributed by atoms with Crippen LogP contribution < -0.4 is 5.32 Å². The third kappa shape index (κ3) is 3.61. The Morgan fingerprint density at radius 3 is 2.50 bits per heavy atom. The molecule has 3 rings (SSSR count). The van der Waals surface area contributed by atoms with Gasteiger partial charge in [-0.1, -0.05) is 30.3 Å². The fraction of sp³-hybridized carbons (Fsp3) is 0.353. The molecule has 1 aliphatic rings. The lowest BCUT2D eigenvalue weighted by Crippen LogP contribution is -2.28. The lowest BCUT2D eigenvalue weighted by atomic mass is 10.1. The fourth-order valence-electron chi connectivity index (χ4n) is 2.60. The topological polar surface area (TPSA) is 58.1 Å². The van der Waals surface area contributed by atoms with Gasteiger partial charge in [0.25, 0.3) is 5.91 Å². The van der Waals surface area contributed by atoms with Crippen molar-refractivity contribution < 1.29 is 4.79 Å². The van der Waals surface area contributed by atoms with Gasteiger partial charge in [-0.2, -0.15) is 0 Å². The summed E-state index contributed by atoms with van der Waals surface area (Å²) in [6, 6.07) is 13.9. The van der Waals surface area contributed by atoms with Crippen molar-refractivity contribution in [2.24, 2.45) is 0 Å². The molecule has 0 spiro atoms. The number of aromatic nitrogens is 2. The van der Waals surface area contributed by atoms with E-state index in [1.807, 2.05) is 29.2 Å². The van der Waals surface area contributed by atoms with Crippen molar-refractivity contribution in [3.8, 4) is 0 Å². The third-order valence-electron chi connectivity index (χ3n) is 3.84. The normalized spacial score (nSPS) is 14.1. The average Bonchev–Trinajstić information content (AvgIpc) is 3.10. The van der Waals surface area contributed by atoms with E-state index < -0.39 is 0 Å². The molecule has 0 aliphatic carbocycles. The van der Waals surface area contributed by atoms with Gasteiger partial charge in [-0.25, -0.2) is 0 Å². The SMILES string of the molecule is O=C(c1ccc(NCCc2ccccc2)nn1)N1CCCC1. The maximum Gasteiger partial charge on any atom is 0.274 e. The Balaban J connectivity index is 1.52. The summed E-state index contributed by atoms with van der Waals surface area (Å²) in [6.45, 7) is 2.45. The Bertz CT molecular complexity index is 606. The number of anilines is 1. The van der Waals surface area contributed by atoms with Crippen molar-refractivity contribution in [1.29, 1.82) is 0 Å². The second-order valence-corrected chi connectivity index (χ2v) is 5.47. The molecule has 1 saturated heterocycles. The zero-order chi connectivity index (χ0) is 15.2. The molecule has 5 heteroatoms. The predicted octanol–water partition coefficient (Wildman–Crippen LogP) is 2.37. The molecule has 0 radical (unpaired) electrons. The first-order chi connectivity index (χ1) is 10.8. The summed E-state index contributed by atoms with van der Waals surface area (Å²) in [5.74, 6) is 0.690. The molecule has 1 aliphatic heterocycles. The molecule has 2 aromatic rings. The molecule has 22 heavy (non-hydrogen) atoms. The Morgan fingerprint density at radius 1 is 1.05 bits per heavy atom. The van der Waals surface area contributed by atoms with Crippen molar-refractivity contribution >= 4 is 11.7 Å². The smallest absolute Gasteiger partial charge is 0.274 e. The largest absolute Gasteiger partial charge is 0.368 e. The van der Waals surface area contributed by atoms with Crippen LogP contribution in [0.25, 0.3) is 0 Å². The predicted molar refractivity (Wildman–Crippen MR) is 85.8 cm³/mol. The maximum absolute atomic E-state index is 12.2. The highest BCUT2D eigenvalue weighted by molar-refractivity contribution is 5.92. The molecule has 1 fully saturated rings. The molecule has 2 heterocycles. The van der Waals surface area contributed by atoms with Gasteiger partial charge >= 0.3 is 0 Å². The highest BCUT2D eigenvalue weighted by Crippen LogP contribution is 2.12. The monoisotopic (exact) mass is 296 g/mol.